The van der Waals surface area contributed by atoms with Crippen LogP contribution in [-0.4, -0.2) is 50.1 Å². The molecule has 0 aliphatic carbocycles. The number of nitrogens with zero attached hydrogens (tertiary/aromatic N) is 1. The minimum absolute atomic E-state index is 0.442. The van der Waals surface area contributed by atoms with Crippen LogP contribution in [0, 0.1) is 0 Å². The summed E-state index contributed by atoms with van der Waals surface area (Å²) >= 11 is 0. The second-order valence-corrected chi connectivity index (χ2v) is 4.30. The molecule has 1 heterocycles. The van der Waals surface area contributed by atoms with Gasteiger partial charge < -0.3 is 15.8 Å². The fourth-order valence-electron chi connectivity index (χ4n) is 2.02. The van der Waals surface area contributed by atoms with Crippen LogP contribution in [0.15, 0.2) is 24.3 Å². The normalized spacial score (nSPS) is 16.4. The summed E-state index contributed by atoms with van der Waals surface area (Å²) in [5.74, 6) is 0.118. The molecule has 18 heavy (non-hydrogen) atoms. The zero-order chi connectivity index (χ0) is 12.8. The number of ether oxygens (including phenoxy) is 1. The molecule has 0 unspecified atom stereocenters. The van der Waals surface area contributed by atoms with Gasteiger partial charge in [0.05, 0.1) is 5.56 Å². The first kappa shape index (κ1) is 12.9. The lowest BCUT2D eigenvalue weighted by molar-refractivity contribution is 0.0995. The number of hydrogen-bond donors (Lipinski definition) is 2. The Morgan fingerprint density at radius 1 is 1.33 bits per heavy atom. The number of primary amides is 1. The number of carbonyl (C=O) groups is 1. The molecule has 1 aromatic carbocycles. The number of rotatable bonds is 5. The minimum Gasteiger partial charge on any atom is -0.491 e. The third kappa shape index (κ3) is 3.45. The average Bonchev–Trinajstić information content (AvgIpc) is 2.40. The van der Waals surface area contributed by atoms with Crippen LogP contribution >= 0.6 is 0 Å². The summed E-state index contributed by atoms with van der Waals surface area (Å²) in [6.07, 6.45) is 0. The van der Waals surface area contributed by atoms with Crippen LogP contribution < -0.4 is 15.8 Å². The van der Waals surface area contributed by atoms with Gasteiger partial charge in [-0.05, 0) is 12.1 Å². The lowest BCUT2D eigenvalue weighted by Gasteiger charge is -2.27. The van der Waals surface area contributed by atoms with Crippen molar-refractivity contribution < 1.29 is 9.53 Å². The van der Waals surface area contributed by atoms with E-state index in [2.05, 4.69) is 10.2 Å². The van der Waals surface area contributed by atoms with Crippen molar-refractivity contribution in [2.45, 2.75) is 0 Å². The quantitative estimate of drug-likeness (QED) is 0.775. The van der Waals surface area contributed by atoms with Crippen LogP contribution in [0.25, 0.3) is 0 Å². The van der Waals surface area contributed by atoms with Gasteiger partial charge >= 0.3 is 0 Å². The molecule has 1 saturated heterocycles. The Balaban J connectivity index is 1.84. The average molecular weight is 249 g/mol. The van der Waals surface area contributed by atoms with E-state index in [-0.39, 0.29) is 0 Å². The highest BCUT2D eigenvalue weighted by Gasteiger charge is 2.11. The maximum absolute atomic E-state index is 11.2. The van der Waals surface area contributed by atoms with Crippen LogP contribution in [0.4, 0.5) is 0 Å². The Hall–Kier alpha value is -1.59. The van der Waals surface area contributed by atoms with Gasteiger partial charge in [-0.1, -0.05) is 12.1 Å². The third-order valence-electron chi connectivity index (χ3n) is 3.03. The van der Waals surface area contributed by atoms with Crippen molar-refractivity contribution in [1.82, 2.24) is 10.2 Å². The molecule has 1 fully saturated rings. The molecule has 0 saturated carbocycles. The molecule has 5 heteroatoms. The van der Waals surface area contributed by atoms with Crippen LogP contribution in [0.1, 0.15) is 10.4 Å². The Labute approximate surface area is 107 Å². The topological polar surface area (TPSA) is 67.6 Å². The largest absolute Gasteiger partial charge is 0.491 e. The van der Waals surface area contributed by atoms with E-state index >= 15 is 0 Å². The first-order valence-corrected chi connectivity index (χ1v) is 6.22. The molecule has 1 aliphatic heterocycles. The Bertz CT molecular complexity index is 403. The maximum atomic E-state index is 11.2. The van der Waals surface area contributed by atoms with Gasteiger partial charge in [-0.2, -0.15) is 0 Å². The molecule has 0 atom stereocenters. The summed E-state index contributed by atoms with van der Waals surface area (Å²) in [6.45, 7) is 5.58. The van der Waals surface area contributed by atoms with E-state index in [0.717, 1.165) is 32.7 Å². The Morgan fingerprint density at radius 2 is 2.06 bits per heavy atom. The van der Waals surface area contributed by atoms with Gasteiger partial charge in [0, 0.05) is 32.7 Å². The van der Waals surface area contributed by atoms with E-state index in [9.17, 15) is 4.79 Å². The van der Waals surface area contributed by atoms with Crippen LogP contribution in [0.3, 0.4) is 0 Å². The summed E-state index contributed by atoms with van der Waals surface area (Å²) < 4.78 is 5.64. The molecule has 0 aromatic heterocycles. The zero-order valence-electron chi connectivity index (χ0n) is 10.4. The predicted octanol–water partition coefficient (Wildman–Crippen LogP) is 0.0695. The lowest BCUT2D eigenvalue weighted by Crippen LogP contribution is -2.44. The summed E-state index contributed by atoms with van der Waals surface area (Å²) in [5.41, 5.74) is 5.73. The number of carbonyl (C=O) groups excluding carboxylic acids is 1. The number of hydrogen-bond acceptors (Lipinski definition) is 4. The first-order chi connectivity index (χ1) is 8.77. The number of amides is 1. The molecule has 1 aliphatic rings. The Kier molecular flexibility index (Phi) is 4.55. The van der Waals surface area contributed by atoms with Crippen molar-refractivity contribution >= 4 is 5.91 Å². The van der Waals surface area contributed by atoms with Crippen LogP contribution in [0.2, 0.25) is 0 Å². The second-order valence-electron chi connectivity index (χ2n) is 4.30. The molecular weight excluding hydrogens is 230 g/mol. The van der Waals surface area contributed by atoms with Gasteiger partial charge in [0.15, 0.2) is 0 Å². The van der Waals surface area contributed by atoms with E-state index in [4.69, 9.17) is 10.5 Å². The van der Waals surface area contributed by atoms with E-state index in [1.807, 2.05) is 6.07 Å². The van der Waals surface area contributed by atoms with Crippen molar-refractivity contribution in [3.63, 3.8) is 0 Å². The summed E-state index contributed by atoms with van der Waals surface area (Å²) in [6, 6.07) is 7.08. The number of benzene rings is 1. The van der Waals surface area contributed by atoms with Crippen molar-refractivity contribution in [2.75, 3.05) is 39.3 Å². The summed E-state index contributed by atoms with van der Waals surface area (Å²) in [7, 11) is 0. The fourth-order valence-corrected chi connectivity index (χ4v) is 2.02. The number of para-hydroxylation sites is 1. The van der Waals surface area contributed by atoms with Gasteiger partial charge in [-0.3, -0.25) is 9.69 Å². The number of piperazine rings is 1. The van der Waals surface area contributed by atoms with Crippen molar-refractivity contribution in [2.24, 2.45) is 5.73 Å². The van der Waals surface area contributed by atoms with Gasteiger partial charge in [0.2, 0.25) is 0 Å². The molecule has 0 spiro atoms. The molecule has 3 N–H and O–H groups in total. The van der Waals surface area contributed by atoms with Crippen molar-refractivity contribution in [3.05, 3.63) is 29.8 Å². The second kappa shape index (κ2) is 6.37. The highest BCUT2D eigenvalue weighted by Crippen LogP contribution is 2.16. The highest BCUT2D eigenvalue weighted by atomic mass is 16.5. The van der Waals surface area contributed by atoms with E-state index in [1.165, 1.54) is 0 Å². The van der Waals surface area contributed by atoms with Crippen LogP contribution in [0.5, 0.6) is 5.75 Å². The van der Waals surface area contributed by atoms with Gasteiger partial charge in [0.1, 0.15) is 12.4 Å². The third-order valence-corrected chi connectivity index (χ3v) is 3.03. The van der Waals surface area contributed by atoms with E-state index in [1.54, 1.807) is 18.2 Å². The molecule has 0 radical (unpaired) electrons. The van der Waals surface area contributed by atoms with Crippen LogP contribution in [-0.2, 0) is 0 Å². The molecule has 1 aromatic rings. The lowest BCUT2D eigenvalue weighted by atomic mass is 10.2. The van der Waals surface area contributed by atoms with Crippen molar-refractivity contribution in [1.29, 1.82) is 0 Å². The number of nitrogens with two attached hydrogens (primary N) is 1. The molecule has 98 valence electrons. The fraction of sp³-hybridized carbons (Fsp3) is 0.462. The van der Waals surface area contributed by atoms with E-state index < -0.39 is 5.91 Å². The summed E-state index contributed by atoms with van der Waals surface area (Å²) in [4.78, 5) is 13.5. The Morgan fingerprint density at radius 3 is 2.78 bits per heavy atom. The first-order valence-electron chi connectivity index (χ1n) is 6.22. The smallest absolute Gasteiger partial charge is 0.252 e. The number of nitrogens with one attached hydrogen (secondary N) is 1. The zero-order valence-corrected chi connectivity index (χ0v) is 10.4. The molecular formula is C13H19N3O2. The predicted molar refractivity (Wildman–Crippen MR) is 69.8 cm³/mol. The summed E-state index contributed by atoms with van der Waals surface area (Å²) in [5, 5.41) is 3.30. The van der Waals surface area contributed by atoms with Gasteiger partial charge in [-0.15, -0.1) is 0 Å². The standard InChI is InChI=1S/C13H19N3O2/c14-13(17)11-3-1-2-4-12(11)18-10-9-16-7-5-15-6-8-16/h1-4,15H,5-10H2,(H2,14,17). The minimum atomic E-state index is -0.451. The SMILES string of the molecule is NC(=O)c1ccccc1OCCN1CCNCC1. The van der Waals surface area contributed by atoms with Gasteiger partial charge in [-0.25, -0.2) is 0 Å². The molecule has 0 bridgehead atoms. The monoisotopic (exact) mass is 249 g/mol. The highest BCUT2D eigenvalue weighted by molar-refractivity contribution is 5.95. The molecule has 1 amide bonds. The molecule has 5 nitrogen and oxygen atoms in total. The maximum Gasteiger partial charge on any atom is 0.252 e. The van der Waals surface area contributed by atoms with Gasteiger partial charge in [0.25, 0.3) is 5.91 Å². The molecule has 2 rings (SSSR count). The van der Waals surface area contributed by atoms with E-state index in [0.29, 0.717) is 17.9 Å². The van der Waals surface area contributed by atoms with Crippen molar-refractivity contribution in [3.8, 4) is 5.75 Å².